The van der Waals surface area contributed by atoms with Crippen molar-refractivity contribution in [2.75, 3.05) is 10.3 Å². The first-order chi connectivity index (χ1) is 11.5. The minimum atomic E-state index is -0.294. The van der Waals surface area contributed by atoms with Gasteiger partial charge < -0.3 is 5.32 Å². The first-order valence-corrected chi connectivity index (χ1v) is 8.25. The molecule has 2 N–H and O–H groups in total. The van der Waals surface area contributed by atoms with E-state index in [0.717, 1.165) is 10.0 Å². The number of halogens is 1. The lowest BCUT2D eigenvalue weighted by Crippen LogP contribution is -2.47. The number of benzene rings is 2. The van der Waals surface area contributed by atoms with Crippen LogP contribution >= 0.6 is 15.9 Å². The third-order valence-electron chi connectivity index (χ3n) is 3.58. The van der Waals surface area contributed by atoms with E-state index >= 15 is 0 Å². The molecule has 0 bridgehead atoms. The predicted molar refractivity (Wildman–Crippen MR) is 97.3 cm³/mol. The quantitative estimate of drug-likeness (QED) is 0.849. The van der Waals surface area contributed by atoms with Gasteiger partial charge in [-0.2, -0.15) is 0 Å². The molecule has 3 rings (SSSR count). The standard InChI is InChI=1S/C18H16BrN3O2/c1-12-5-7-15(8-6-12)22-17(23)10-9-16(21-22)18(24)20-14-4-2-3-13(19)11-14/h2-9,11,21H,10H2,1H3,(H,20,24). The molecule has 1 aliphatic rings. The van der Waals surface area contributed by atoms with Gasteiger partial charge in [-0.3, -0.25) is 15.0 Å². The Morgan fingerprint density at radius 3 is 2.67 bits per heavy atom. The molecular weight excluding hydrogens is 370 g/mol. The summed E-state index contributed by atoms with van der Waals surface area (Å²) >= 11 is 3.37. The second-order valence-electron chi connectivity index (χ2n) is 5.46. The van der Waals surface area contributed by atoms with E-state index in [0.29, 0.717) is 17.1 Å². The van der Waals surface area contributed by atoms with Crippen LogP contribution in [0.15, 0.2) is 64.8 Å². The number of nitrogens with zero attached hydrogens (tertiary/aromatic N) is 1. The van der Waals surface area contributed by atoms with E-state index in [2.05, 4.69) is 26.7 Å². The van der Waals surface area contributed by atoms with Crippen LogP contribution in [-0.2, 0) is 9.59 Å². The molecule has 0 saturated carbocycles. The number of hydrazine groups is 1. The van der Waals surface area contributed by atoms with E-state index in [-0.39, 0.29) is 18.2 Å². The summed E-state index contributed by atoms with van der Waals surface area (Å²) in [4.78, 5) is 24.6. The van der Waals surface area contributed by atoms with E-state index in [1.54, 1.807) is 12.1 Å². The third-order valence-corrected chi connectivity index (χ3v) is 4.07. The second-order valence-corrected chi connectivity index (χ2v) is 6.38. The summed E-state index contributed by atoms with van der Waals surface area (Å²) in [6.45, 7) is 1.98. The van der Waals surface area contributed by atoms with Crippen LogP contribution in [0.3, 0.4) is 0 Å². The Morgan fingerprint density at radius 2 is 1.96 bits per heavy atom. The fourth-order valence-corrected chi connectivity index (χ4v) is 2.72. The number of hydrogen-bond acceptors (Lipinski definition) is 3. The summed E-state index contributed by atoms with van der Waals surface area (Å²) in [6, 6.07) is 14.9. The Hall–Kier alpha value is -2.60. The van der Waals surface area contributed by atoms with Gasteiger partial charge in [-0.25, -0.2) is 5.01 Å². The van der Waals surface area contributed by atoms with Gasteiger partial charge in [0, 0.05) is 16.6 Å². The zero-order valence-electron chi connectivity index (χ0n) is 13.0. The van der Waals surface area contributed by atoms with Gasteiger partial charge in [0.1, 0.15) is 5.70 Å². The highest BCUT2D eigenvalue weighted by molar-refractivity contribution is 9.10. The van der Waals surface area contributed by atoms with Gasteiger partial charge in [0.2, 0.25) is 5.91 Å². The second kappa shape index (κ2) is 6.88. The maximum Gasteiger partial charge on any atom is 0.273 e. The minimum Gasteiger partial charge on any atom is -0.321 e. The molecular formula is C18H16BrN3O2. The Kier molecular flexibility index (Phi) is 4.66. The summed E-state index contributed by atoms with van der Waals surface area (Å²) in [7, 11) is 0. The van der Waals surface area contributed by atoms with Crippen LogP contribution in [0.4, 0.5) is 11.4 Å². The fourth-order valence-electron chi connectivity index (χ4n) is 2.32. The average molecular weight is 386 g/mol. The summed E-state index contributed by atoms with van der Waals surface area (Å²) in [5.41, 5.74) is 5.72. The lowest BCUT2D eigenvalue weighted by Gasteiger charge is -2.28. The van der Waals surface area contributed by atoms with E-state index in [1.165, 1.54) is 5.01 Å². The van der Waals surface area contributed by atoms with Crippen LogP contribution in [0.5, 0.6) is 0 Å². The normalized spacial score (nSPS) is 14.0. The number of carbonyl (C=O) groups is 2. The van der Waals surface area contributed by atoms with Gasteiger partial charge in [0.15, 0.2) is 0 Å². The lowest BCUT2D eigenvalue weighted by atomic mass is 10.2. The van der Waals surface area contributed by atoms with E-state index in [4.69, 9.17) is 0 Å². The molecule has 5 nitrogen and oxygen atoms in total. The Balaban J connectivity index is 1.75. The first kappa shape index (κ1) is 16.3. The first-order valence-electron chi connectivity index (χ1n) is 7.46. The molecule has 2 aromatic rings. The third kappa shape index (κ3) is 3.65. The zero-order chi connectivity index (χ0) is 17.1. The molecule has 1 aliphatic heterocycles. The van der Waals surface area contributed by atoms with Gasteiger partial charge in [-0.1, -0.05) is 39.7 Å². The lowest BCUT2D eigenvalue weighted by molar-refractivity contribution is -0.119. The van der Waals surface area contributed by atoms with Crippen LogP contribution in [0.2, 0.25) is 0 Å². The maximum atomic E-state index is 12.4. The van der Waals surface area contributed by atoms with Crippen molar-refractivity contribution in [3.63, 3.8) is 0 Å². The summed E-state index contributed by atoms with van der Waals surface area (Å²) in [5.74, 6) is -0.407. The number of anilines is 2. The molecule has 0 atom stereocenters. The number of rotatable bonds is 3. The Bertz CT molecular complexity index is 815. The predicted octanol–water partition coefficient (Wildman–Crippen LogP) is 3.52. The summed E-state index contributed by atoms with van der Waals surface area (Å²) < 4.78 is 0.877. The molecule has 122 valence electrons. The molecule has 0 radical (unpaired) electrons. The van der Waals surface area contributed by atoms with Gasteiger partial charge in [-0.05, 0) is 43.3 Å². The smallest absolute Gasteiger partial charge is 0.273 e. The highest BCUT2D eigenvalue weighted by atomic mass is 79.9. The van der Waals surface area contributed by atoms with Crippen LogP contribution < -0.4 is 15.8 Å². The molecule has 0 unspecified atom stereocenters. The molecule has 0 fully saturated rings. The number of amides is 2. The van der Waals surface area contributed by atoms with Crippen molar-refractivity contribution in [2.45, 2.75) is 13.3 Å². The molecule has 2 aromatic carbocycles. The Morgan fingerprint density at radius 1 is 1.21 bits per heavy atom. The van der Waals surface area contributed by atoms with Crippen molar-refractivity contribution < 1.29 is 9.59 Å². The molecule has 24 heavy (non-hydrogen) atoms. The van der Waals surface area contributed by atoms with Crippen LogP contribution in [0.1, 0.15) is 12.0 Å². The molecule has 0 spiro atoms. The topological polar surface area (TPSA) is 61.4 Å². The molecule has 1 heterocycles. The van der Waals surface area contributed by atoms with Gasteiger partial charge in [-0.15, -0.1) is 0 Å². The number of nitrogens with one attached hydrogen (secondary N) is 2. The SMILES string of the molecule is Cc1ccc(N2NC(C(=O)Nc3cccc(Br)c3)=CCC2=O)cc1. The Labute approximate surface area is 148 Å². The van der Waals surface area contributed by atoms with E-state index in [1.807, 2.05) is 49.4 Å². The molecule has 2 amide bonds. The van der Waals surface area contributed by atoms with Crippen molar-refractivity contribution in [2.24, 2.45) is 0 Å². The van der Waals surface area contributed by atoms with Crippen molar-refractivity contribution in [3.8, 4) is 0 Å². The average Bonchev–Trinajstić information content (AvgIpc) is 2.56. The van der Waals surface area contributed by atoms with E-state index in [9.17, 15) is 9.59 Å². The molecule has 0 aromatic heterocycles. The van der Waals surface area contributed by atoms with Gasteiger partial charge in [0.05, 0.1) is 5.69 Å². The van der Waals surface area contributed by atoms with Crippen LogP contribution in [0, 0.1) is 6.92 Å². The number of aryl methyl sites for hydroxylation is 1. The molecule has 0 aliphatic carbocycles. The maximum absolute atomic E-state index is 12.4. The monoisotopic (exact) mass is 385 g/mol. The summed E-state index contributed by atoms with van der Waals surface area (Å²) in [5, 5.41) is 4.21. The highest BCUT2D eigenvalue weighted by Gasteiger charge is 2.24. The largest absolute Gasteiger partial charge is 0.321 e. The minimum absolute atomic E-state index is 0.113. The molecule has 0 saturated heterocycles. The van der Waals surface area contributed by atoms with Crippen LogP contribution in [0.25, 0.3) is 0 Å². The molecule has 6 heteroatoms. The van der Waals surface area contributed by atoms with Crippen molar-refractivity contribution in [1.82, 2.24) is 5.43 Å². The van der Waals surface area contributed by atoms with Gasteiger partial charge in [0.25, 0.3) is 5.91 Å². The van der Waals surface area contributed by atoms with Crippen molar-refractivity contribution >= 4 is 39.1 Å². The van der Waals surface area contributed by atoms with Crippen molar-refractivity contribution in [1.29, 1.82) is 0 Å². The fraction of sp³-hybridized carbons (Fsp3) is 0.111. The zero-order valence-corrected chi connectivity index (χ0v) is 14.6. The van der Waals surface area contributed by atoms with Crippen LogP contribution in [-0.4, -0.2) is 11.8 Å². The summed E-state index contributed by atoms with van der Waals surface area (Å²) in [6.07, 6.45) is 1.77. The van der Waals surface area contributed by atoms with Crippen molar-refractivity contribution in [3.05, 3.63) is 70.3 Å². The van der Waals surface area contributed by atoms with Gasteiger partial charge >= 0.3 is 0 Å². The number of hydrogen-bond donors (Lipinski definition) is 2. The highest BCUT2D eigenvalue weighted by Crippen LogP contribution is 2.20. The van der Waals surface area contributed by atoms with E-state index < -0.39 is 0 Å². The number of carbonyl (C=O) groups excluding carboxylic acids is 2.